The van der Waals surface area contributed by atoms with Gasteiger partial charge in [0.1, 0.15) is 18.1 Å². The first-order valence-corrected chi connectivity index (χ1v) is 11.1. The fourth-order valence-corrected chi connectivity index (χ4v) is 3.51. The van der Waals surface area contributed by atoms with Gasteiger partial charge in [-0.1, -0.05) is 18.2 Å². The normalized spacial score (nSPS) is 14.5. The number of carbonyl (C=O) groups is 4. The highest BCUT2D eigenvalue weighted by Gasteiger charge is 2.28. The quantitative estimate of drug-likeness (QED) is 0.192. The van der Waals surface area contributed by atoms with Gasteiger partial charge in [0.15, 0.2) is 0 Å². The first kappa shape index (κ1) is 25.4. The van der Waals surface area contributed by atoms with Crippen molar-refractivity contribution in [2.24, 2.45) is 5.73 Å². The van der Waals surface area contributed by atoms with Crippen LogP contribution in [0, 0.1) is 0 Å². The molecular formula is C23H29N7O5. The molecule has 12 nitrogen and oxygen atoms in total. The molecule has 12 heteroatoms. The molecule has 0 fully saturated rings. The third-order valence-electron chi connectivity index (χ3n) is 5.54. The minimum atomic E-state index is -1.21. The summed E-state index contributed by atoms with van der Waals surface area (Å²) in [6.45, 7) is 2.80. The summed E-state index contributed by atoms with van der Waals surface area (Å²) in [5.41, 5.74) is 8.22. The van der Waals surface area contributed by atoms with Crippen LogP contribution in [0.15, 0.2) is 43.0 Å². The molecule has 0 bridgehead atoms. The highest BCUT2D eigenvalue weighted by molar-refractivity contribution is 5.94. The second-order valence-electron chi connectivity index (χ2n) is 8.31. The number of imidazole rings is 1. The van der Waals surface area contributed by atoms with Gasteiger partial charge in [-0.15, -0.1) is 0 Å². The van der Waals surface area contributed by atoms with Crippen LogP contribution in [0.2, 0.25) is 0 Å². The minimum Gasteiger partial charge on any atom is -0.480 e. The molecule has 0 spiro atoms. The van der Waals surface area contributed by atoms with Crippen LogP contribution in [-0.4, -0.2) is 67.9 Å². The maximum Gasteiger partial charge on any atom is 0.325 e. The number of hydrogen-bond acceptors (Lipinski definition) is 6. The number of hydrogen-bond donors (Lipinski definition) is 7. The fourth-order valence-electron chi connectivity index (χ4n) is 3.51. The van der Waals surface area contributed by atoms with E-state index < -0.39 is 47.9 Å². The lowest BCUT2D eigenvalue weighted by Crippen LogP contribution is -2.56. The molecule has 0 radical (unpaired) electrons. The number of amides is 3. The zero-order valence-corrected chi connectivity index (χ0v) is 19.4. The molecule has 0 aliphatic heterocycles. The second-order valence-corrected chi connectivity index (χ2v) is 8.31. The molecule has 3 rings (SSSR count). The van der Waals surface area contributed by atoms with E-state index in [0.717, 1.165) is 16.5 Å². The van der Waals surface area contributed by atoms with E-state index in [0.29, 0.717) is 5.69 Å². The van der Waals surface area contributed by atoms with Gasteiger partial charge in [-0.25, -0.2) is 4.98 Å². The van der Waals surface area contributed by atoms with E-state index >= 15 is 0 Å². The van der Waals surface area contributed by atoms with Crippen LogP contribution in [0.5, 0.6) is 0 Å². The predicted octanol–water partition coefficient (Wildman–Crippen LogP) is -0.418. The van der Waals surface area contributed by atoms with Gasteiger partial charge < -0.3 is 36.8 Å². The number of nitrogens with one attached hydrogen (secondary N) is 5. The number of carboxylic acid groups (broad SMARTS) is 1. The van der Waals surface area contributed by atoms with E-state index in [4.69, 9.17) is 10.8 Å². The third kappa shape index (κ3) is 6.67. The first-order valence-electron chi connectivity index (χ1n) is 11.1. The van der Waals surface area contributed by atoms with Crippen molar-refractivity contribution in [2.75, 3.05) is 0 Å². The molecule has 0 aliphatic carbocycles. The van der Waals surface area contributed by atoms with Gasteiger partial charge in [0.2, 0.25) is 17.7 Å². The minimum absolute atomic E-state index is 0.105. The Morgan fingerprint density at radius 1 is 0.971 bits per heavy atom. The molecule has 2 aromatic heterocycles. The van der Waals surface area contributed by atoms with Gasteiger partial charge in [-0.2, -0.15) is 0 Å². The number of aromatic amines is 2. The topological polar surface area (TPSA) is 195 Å². The van der Waals surface area contributed by atoms with Crippen LogP contribution in [0.4, 0.5) is 0 Å². The number of rotatable bonds is 11. The van der Waals surface area contributed by atoms with Crippen molar-refractivity contribution < 1.29 is 24.3 Å². The Labute approximate surface area is 201 Å². The fraction of sp³-hybridized carbons (Fsp3) is 0.348. The summed E-state index contributed by atoms with van der Waals surface area (Å²) in [5, 5.41) is 17.6. The highest BCUT2D eigenvalue weighted by atomic mass is 16.4. The van der Waals surface area contributed by atoms with Crippen LogP contribution >= 0.6 is 0 Å². The number of benzene rings is 1. The molecule has 0 aliphatic rings. The van der Waals surface area contributed by atoms with Gasteiger partial charge in [0, 0.05) is 41.8 Å². The van der Waals surface area contributed by atoms with E-state index in [-0.39, 0.29) is 12.8 Å². The summed E-state index contributed by atoms with van der Waals surface area (Å²) >= 11 is 0. The number of nitrogens with two attached hydrogens (primary N) is 1. The van der Waals surface area contributed by atoms with Crippen LogP contribution in [0.3, 0.4) is 0 Å². The molecule has 2 heterocycles. The zero-order valence-electron chi connectivity index (χ0n) is 19.4. The molecular weight excluding hydrogens is 454 g/mol. The average molecular weight is 484 g/mol. The van der Waals surface area contributed by atoms with Crippen LogP contribution < -0.4 is 21.7 Å². The van der Waals surface area contributed by atoms with Crippen molar-refractivity contribution in [1.29, 1.82) is 0 Å². The maximum atomic E-state index is 12.9. The molecule has 3 amide bonds. The Balaban J connectivity index is 1.69. The Hall–Kier alpha value is -4.19. The van der Waals surface area contributed by atoms with E-state index in [9.17, 15) is 19.2 Å². The lowest BCUT2D eigenvalue weighted by atomic mass is 10.0. The molecule has 4 atom stereocenters. The van der Waals surface area contributed by atoms with Gasteiger partial charge in [0.25, 0.3) is 0 Å². The van der Waals surface area contributed by atoms with Crippen molar-refractivity contribution in [3.8, 4) is 0 Å². The number of carbonyl (C=O) groups excluding carboxylic acids is 3. The number of carboxylic acids is 1. The Morgan fingerprint density at radius 3 is 2.37 bits per heavy atom. The SMILES string of the molecule is CC(NC(=O)C(Cc1c[nH]c2ccccc12)NC(=O)C(C)NC(=O)C(N)Cc1cnc[nH]1)C(=O)O. The molecule has 35 heavy (non-hydrogen) atoms. The molecule has 1 aromatic carbocycles. The maximum absolute atomic E-state index is 12.9. The van der Waals surface area contributed by atoms with Crippen molar-refractivity contribution in [2.45, 2.75) is 50.9 Å². The van der Waals surface area contributed by atoms with Gasteiger partial charge in [-0.05, 0) is 25.5 Å². The Morgan fingerprint density at radius 2 is 1.69 bits per heavy atom. The summed E-state index contributed by atoms with van der Waals surface area (Å²) < 4.78 is 0. The summed E-state index contributed by atoms with van der Waals surface area (Å²) in [4.78, 5) is 59.2. The number of H-pyrrole nitrogens is 2. The number of para-hydroxylation sites is 1. The number of fused-ring (bicyclic) bond motifs is 1. The molecule has 186 valence electrons. The van der Waals surface area contributed by atoms with Gasteiger partial charge >= 0.3 is 5.97 Å². The number of nitrogens with zero attached hydrogens (tertiary/aromatic N) is 1. The van der Waals surface area contributed by atoms with E-state index in [2.05, 4.69) is 30.9 Å². The number of aliphatic carboxylic acids is 1. The molecule has 0 saturated heterocycles. The second kappa shape index (κ2) is 11.3. The monoisotopic (exact) mass is 483 g/mol. The summed E-state index contributed by atoms with van der Waals surface area (Å²) in [5.74, 6) is -3.02. The smallest absolute Gasteiger partial charge is 0.325 e. The lowest BCUT2D eigenvalue weighted by Gasteiger charge is -2.23. The van der Waals surface area contributed by atoms with Crippen molar-refractivity contribution >= 4 is 34.6 Å². The lowest BCUT2D eigenvalue weighted by molar-refractivity contribution is -0.141. The van der Waals surface area contributed by atoms with E-state index in [1.54, 1.807) is 12.4 Å². The predicted molar refractivity (Wildman–Crippen MR) is 127 cm³/mol. The Kier molecular flexibility index (Phi) is 8.21. The first-order chi connectivity index (χ1) is 16.7. The summed E-state index contributed by atoms with van der Waals surface area (Å²) in [6.07, 6.45) is 5.07. The standard InChI is InChI=1S/C23H29N7O5/c1-12(28-21(32)17(24)8-15-10-25-11-27-15)20(31)30-19(22(33)29-13(2)23(34)35)7-14-9-26-18-6-4-3-5-16(14)18/h3-6,9-13,17,19,26H,7-8,24H2,1-2H3,(H,25,27)(H,28,32)(H,29,33)(H,30,31)(H,34,35). The van der Waals surface area contributed by atoms with Gasteiger partial charge in [-0.3, -0.25) is 19.2 Å². The van der Waals surface area contributed by atoms with Crippen molar-refractivity contribution in [1.82, 2.24) is 30.9 Å². The van der Waals surface area contributed by atoms with E-state index in [1.807, 2.05) is 24.3 Å². The third-order valence-corrected chi connectivity index (χ3v) is 5.54. The van der Waals surface area contributed by atoms with Crippen molar-refractivity contribution in [3.63, 3.8) is 0 Å². The largest absolute Gasteiger partial charge is 0.480 e. The zero-order chi connectivity index (χ0) is 25.5. The molecule has 4 unspecified atom stereocenters. The van der Waals surface area contributed by atoms with Crippen LogP contribution in [0.1, 0.15) is 25.1 Å². The van der Waals surface area contributed by atoms with Crippen LogP contribution in [-0.2, 0) is 32.0 Å². The van der Waals surface area contributed by atoms with Gasteiger partial charge in [0.05, 0.1) is 12.4 Å². The molecule has 0 saturated carbocycles. The average Bonchev–Trinajstić information content (AvgIpc) is 3.48. The van der Waals surface area contributed by atoms with E-state index in [1.165, 1.54) is 20.2 Å². The summed E-state index contributed by atoms with van der Waals surface area (Å²) in [7, 11) is 0. The molecule has 8 N–H and O–H groups in total. The summed E-state index contributed by atoms with van der Waals surface area (Å²) in [6, 6.07) is 3.33. The van der Waals surface area contributed by atoms with Crippen LogP contribution in [0.25, 0.3) is 10.9 Å². The highest BCUT2D eigenvalue weighted by Crippen LogP contribution is 2.19. The Bertz CT molecular complexity index is 1190. The number of aromatic nitrogens is 3. The van der Waals surface area contributed by atoms with Crippen molar-refractivity contribution in [3.05, 3.63) is 54.2 Å². The molecule has 3 aromatic rings.